The number of amides is 2. The lowest BCUT2D eigenvalue weighted by atomic mass is 9.86. The number of hydrogen-bond acceptors (Lipinski definition) is 4. The molecule has 0 radical (unpaired) electrons. The average molecular weight is 398 g/mol. The van der Waals surface area contributed by atoms with Gasteiger partial charge in [0.1, 0.15) is 6.04 Å². The summed E-state index contributed by atoms with van der Waals surface area (Å²) in [5.41, 5.74) is 1.90. The molecule has 0 aliphatic carbocycles. The Labute approximate surface area is 166 Å². The second kappa shape index (κ2) is 8.63. The SMILES string of the molecule is CC(C)(C)c1ccc(C(=O)N2CSCC2C(=O)NC2CCNC2)cc1.Cl. The van der Waals surface area contributed by atoms with Gasteiger partial charge in [0.15, 0.2) is 0 Å². The second-order valence-corrected chi connectivity index (χ2v) is 8.82. The number of nitrogens with one attached hydrogen (secondary N) is 2. The fourth-order valence-corrected chi connectivity index (χ4v) is 4.37. The van der Waals surface area contributed by atoms with Gasteiger partial charge < -0.3 is 15.5 Å². The summed E-state index contributed by atoms with van der Waals surface area (Å²) < 4.78 is 0. The van der Waals surface area contributed by atoms with Crippen molar-refractivity contribution in [3.8, 4) is 0 Å². The fourth-order valence-electron chi connectivity index (χ4n) is 3.21. The first-order valence-electron chi connectivity index (χ1n) is 8.86. The Balaban J connectivity index is 0.00000243. The van der Waals surface area contributed by atoms with Crippen LogP contribution in [0.4, 0.5) is 0 Å². The standard InChI is InChI=1S/C19H27N3O2S.ClH/c1-19(2,3)14-6-4-13(5-7-14)18(24)22-12-25-11-16(22)17(23)21-15-8-9-20-10-15;/h4-7,15-16,20H,8-12H2,1-3H3,(H,21,23);1H. The minimum Gasteiger partial charge on any atom is -0.350 e. The zero-order valence-electron chi connectivity index (χ0n) is 15.6. The molecule has 2 amide bonds. The van der Waals surface area contributed by atoms with Crippen LogP contribution in [-0.2, 0) is 10.2 Å². The highest BCUT2D eigenvalue weighted by Gasteiger charge is 2.36. The summed E-state index contributed by atoms with van der Waals surface area (Å²) >= 11 is 1.64. The molecule has 26 heavy (non-hydrogen) atoms. The third-order valence-corrected chi connectivity index (χ3v) is 5.86. The van der Waals surface area contributed by atoms with Crippen LogP contribution in [0, 0.1) is 0 Å². The van der Waals surface area contributed by atoms with Crippen molar-refractivity contribution in [2.24, 2.45) is 0 Å². The monoisotopic (exact) mass is 397 g/mol. The number of rotatable bonds is 3. The Morgan fingerprint density at radius 3 is 2.50 bits per heavy atom. The normalized spacial score (nSPS) is 22.8. The van der Waals surface area contributed by atoms with Crippen LogP contribution in [0.1, 0.15) is 43.1 Å². The van der Waals surface area contributed by atoms with E-state index in [2.05, 4.69) is 31.4 Å². The summed E-state index contributed by atoms with van der Waals surface area (Å²) in [6, 6.07) is 7.58. The van der Waals surface area contributed by atoms with Crippen LogP contribution < -0.4 is 10.6 Å². The first-order chi connectivity index (χ1) is 11.9. The van der Waals surface area contributed by atoms with E-state index >= 15 is 0 Å². The fraction of sp³-hybridized carbons (Fsp3) is 0.579. The average Bonchev–Trinajstić information content (AvgIpc) is 3.24. The Bertz CT molecular complexity index is 639. The van der Waals surface area contributed by atoms with Crippen LogP contribution in [-0.4, -0.2) is 53.5 Å². The van der Waals surface area contributed by atoms with E-state index in [1.807, 2.05) is 24.3 Å². The zero-order chi connectivity index (χ0) is 18.0. The van der Waals surface area contributed by atoms with Gasteiger partial charge in [-0.1, -0.05) is 32.9 Å². The Kier molecular flexibility index (Phi) is 6.99. The van der Waals surface area contributed by atoms with Crippen LogP contribution in [0.25, 0.3) is 0 Å². The van der Waals surface area contributed by atoms with Crippen LogP contribution >= 0.6 is 24.2 Å². The first-order valence-corrected chi connectivity index (χ1v) is 10.0. The number of benzene rings is 1. The lowest BCUT2D eigenvalue weighted by Crippen LogP contribution is -2.50. The third kappa shape index (κ3) is 4.72. The minimum atomic E-state index is -0.375. The van der Waals surface area contributed by atoms with Crippen molar-refractivity contribution in [2.75, 3.05) is 24.7 Å². The van der Waals surface area contributed by atoms with Crippen LogP contribution in [0.2, 0.25) is 0 Å². The number of thioether (sulfide) groups is 1. The van der Waals surface area contributed by atoms with Gasteiger partial charge in [-0.3, -0.25) is 9.59 Å². The summed E-state index contributed by atoms with van der Waals surface area (Å²) in [5, 5.41) is 6.32. The molecular formula is C19H28ClN3O2S. The lowest BCUT2D eigenvalue weighted by molar-refractivity contribution is -0.125. The molecule has 0 saturated carbocycles. The van der Waals surface area contributed by atoms with Crippen molar-refractivity contribution >= 4 is 36.0 Å². The first kappa shape index (κ1) is 21.1. The molecular weight excluding hydrogens is 370 g/mol. The van der Waals surface area contributed by atoms with Gasteiger partial charge in [0.2, 0.25) is 5.91 Å². The number of nitrogens with zero attached hydrogens (tertiary/aromatic N) is 1. The summed E-state index contributed by atoms with van der Waals surface area (Å²) in [6.07, 6.45) is 0.952. The molecule has 2 aliphatic rings. The molecule has 1 aromatic rings. The van der Waals surface area contributed by atoms with E-state index < -0.39 is 0 Å². The van der Waals surface area contributed by atoms with Gasteiger partial charge in [0, 0.05) is 23.9 Å². The minimum absolute atomic E-state index is 0. The van der Waals surface area contributed by atoms with Crippen molar-refractivity contribution in [3.63, 3.8) is 0 Å². The molecule has 2 atom stereocenters. The van der Waals surface area contributed by atoms with Crippen molar-refractivity contribution in [1.29, 1.82) is 0 Å². The van der Waals surface area contributed by atoms with E-state index in [0.717, 1.165) is 19.5 Å². The molecule has 2 fully saturated rings. The summed E-state index contributed by atoms with van der Waals surface area (Å²) in [6.45, 7) is 8.21. The molecule has 2 heterocycles. The van der Waals surface area contributed by atoms with Gasteiger partial charge in [-0.15, -0.1) is 24.2 Å². The van der Waals surface area contributed by atoms with Gasteiger partial charge in [-0.2, -0.15) is 0 Å². The van der Waals surface area contributed by atoms with Crippen LogP contribution in [0.15, 0.2) is 24.3 Å². The van der Waals surface area contributed by atoms with Crippen molar-refractivity contribution in [2.45, 2.75) is 44.7 Å². The molecule has 0 bridgehead atoms. The topological polar surface area (TPSA) is 61.4 Å². The number of halogens is 1. The van der Waals surface area contributed by atoms with E-state index in [1.165, 1.54) is 5.56 Å². The molecule has 5 nitrogen and oxygen atoms in total. The highest BCUT2D eigenvalue weighted by molar-refractivity contribution is 7.99. The van der Waals surface area contributed by atoms with Gasteiger partial charge in [0.05, 0.1) is 5.88 Å². The Morgan fingerprint density at radius 1 is 1.23 bits per heavy atom. The van der Waals surface area contributed by atoms with Crippen molar-refractivity contribution in [3.05, 3.63) is 35.4 Å². The van der Waals surface area contributed by atoms with E-state index in [-0.39, 0.29) is 41.7 Å². The molecule has 0 aromatic heterocycles. The molecule has 144 valence electrons. The van der Waals surface area contributed by atoms with Gasteiger partial charge >= 0.3 is 0 Å². The van der Waals surface area contributed by atoms with Crippen LogP contribution in [0.5, 0.6) is 0 Å². The summed E-state index contributed by atoms with van der Waals surface area (Å²) in [7, 11) is 0. The van der Waals surface area contributed by atoms with E-state index in [4.69, 9.17) is 0 Å². The maximum absolute atomic E-state index is 12.9. The van der Waals surface area contributed by atoms with Gasteiger partial charge in [0.25, 0.3) is 5.91 Å². The van der Waals surface area contributed by atoms with Gasteiger partial charge in [-0.25, -0.2) is 0 Å². The lowest BCUT2D eigenvalue weighted by Gasteiger charge is -2.25. The molecule has 1 aromatic carbocycles. The van der Waals surface area contributed by atoms with E-state index in [9.17, 15) is 9.59 Å². The van der Waals surface area contributed by atoms with Crippen LogP contribution in [0.3, 0.4) is 0 Å². The third-order valence-electron chi connectivity index (χ3n) is 4.85. The highest BCUT2D eigenvalue weighted by Crippen LogP contribution is 2.26. The predicted octanol–water partition coefficient (Wildman–Crippen LogP) is 2.40. The maximum atomic E-state index is 12.9. The molecule has 0 spiro atoms. The number of carbonyl (C=O) groups excluding carboxylic acids is 2. The summed E-state index contributed by atoms with van der Waals surface area (Å²) in [5.74, 6) is 1.15. The predicted molar refractivity (Wildman–Crippen MR) is 109 cm³/mol. The second-order valence-electron chi connectivity index (χ2n) is 7.82. The Morgan fingerprint density at radius 2 is 1.92 bits per heavy atom. The number of hydrogen-bond donors (Lipinski definition) is 2. The maximum Gasteiger partial charge on any atom is 0.255 e. The Hall–Kier alpha value is -1.24. The van der Waals surface area contributed by atoms with Gasteiger partial charge in [-0.05, 0) is 36.1 Å². The largest absolute Gasteiger partial charge is 0.350 e. The van der Waals surface area contributed by atoms with E-state index in [0.29, 0.717) is 17.2 Å². The van der Waals surface area contributed by atoms with E-state index in [1.54, 1.807) is 16.7 Å². The van der Waals surface area contributed by atoms with Crippen molar-refractivity contribution in [1.82, 2.24) is 15.5 Å². The zero-order valence-corrected chi connectivity index (χ0v) is 17.2. The smallest absolute Gasteiger partial charge is 0.255 e. The molecule has 3 rings (SSSR count). The quantitative estimate of drug-likeness (QED) is 0.822. The summed E-state index contributed by atoms with van der Waals surface area (Å²) in [4.78, 5) is 27.2. The van der Waals surface area contributed by atoms with Crippen molar-refractivity contribution < 1.29 is 9.59 Å². The molecule has 2 saturated heterocycles. The molecule has 2 unspecified atom stereocenters. The molecule has 2 N–H and O–H groups in total. The molecule has 7 heteroatoms. The highest BCUT2D eigenvalue weighted by atomic mass is 35.5. The number of carbonyl (C=O) groups is 2. The molecule has 2 aliphatic heterocycles.